The lowest BCUT2D eigenvalue weighted by Crippen LogP contribution is -2.60. The quantitative estimate of drug-likeness (QED) is 0.437. The molecule has 0 aliphatic carbocycles. The topological polar surface area (TPSA) is 94.9 Å². The molecule has 8 nitrogen and oxygen atoms in total. The van der Waals surface area contributed by atoms with E-state index in [-0.39, 0.29) is 19.3 Å². The van der Waals surface area contributed by atoms with Gasteiger partial charge in [-0.3, -0.25) is 0 Å². The summed E-state index contributed by atoms with van der Waals surface area (Å²) in [5.74, 6) is -1.45. The average Bonchev–Trinajstić information content (AvgIpc) is 2.77. The molecule has 0 saturated carbocycles. The van der Waals surface area contributed by atoms with Crippen molar-refractivity contribution in [2.45, 2.75) is 63.4 Å². The number of azide groups is 1. The van der Waals surface area contributed by atoms with Gasteiger partial charge in [-0.25, -0.2) is 0 Å². The largest absolute Gasteiger partial charge is 0.347 e. The fraction of sp³-hybridized carbons (Fsp3) is 1.00. The Morgan fingerprint density at radius 3 is 2.55 bits per heavy atom. The number of hydrogen-bond acceptors (Lipinski definition) is 6. The van der Waals surface area contributed by atoms with Crippen molar-refractivity contribution in [3.8, 4) is 0 Å². The zero-order valence-electron chi connectivity index (χ0n) is 12.0. The molecule has 0 amide bonds. The van der Waals surface area contributed by atoms with Crippen LogP contribution in [-0.4, -0.2) is 48.8 Å². The molecule has 3 aliphatic heterocycles. The SMILES string of the molecule is CC1(C)OC2OC3(CN=[N+]=[N-])COC(C)(C)OC3C2O1. The van der Waals surface area contributed by atoms with Crippen LogP contribution in [0.4, 0.5) is 0 Å². The highest BCUT2D eigenvalue weighted by Gasteiger charge is 2.65. The molecule has 0 spiro atoms. The van der Waals surface area contributed by atoms with Gasteiger partial charge in [-0.1, -0.05) is 5.11 Å². The van der Waals surface area contributed by atoms with Crippen LogP contribution in [0.5, 0.6) is 0 Å². The molecule has 3 aliphatic rings. The summed E-state index contributed by atoms with van der Waals surface area (Å²) in [6.07, 6.45) is -1.30. The highest BCUT2D eigenvalue weighted by atomic mass is 16.9. The molecule has 112 valence electrons. The number of fused-ring (bicyclic) bond motifs is 3. The molecule has 0 bridgehead atoms. The fourth-order valence-corrected chi connectivity index (χ4v) is 2.90. The summed E-state index contributed by atoms with van der Waals surface area (Å²) in [6.45, 7) is 7.70. The van der Waals surface area contributed by atoms with Crippen molar-refractivity contribution in [3.63, 3.8) is 0 Å². The van der Waals surface area contributed by atoms with Crippen molar-refractivity contribution in [1.82, 2.24) is 0 Å². The number of rotatable bonds is 2. The lowest BCUT2D eigenvalue weighted by molar-refractivity contribution is -0.346. The van der Waals surface area contributed by atoms with Crippen molar-refractivity contribution in [2.75, 3.05) is 13.2 Å². The Bertz CT molecular complexity index is 462. The van der Waals surface area contributed by atoms with Crippen molar-refractivity contribution < 1.29 is 23.7 Å². The first-order valence-electron chi connectivity index (χ1n) is 6.63. The van der Waals surface area contributed by atoms with E-state index in [1.165, 1.54) is 0 Å². The first kappa shape index (κ1) is 14.1. The van der Waals surface area contributed by atoms with Crippen molar-refractivity contribution in [1.29, 1.82) is 0 Å². The predicted octanol–water partition coefficient (Wildman–Crippen LogP) is 1.69. The molecule has 0 aromatic carbocycles. The van der Waals surface area contributed by atoms with Crippen LogP contribution < -0.4 is 0 Å². The molecule has 3 fully saturated rings. The summed E-state index contributed by atoms with van der Waals surface area (Å²) in [5.41, 5.74) is 7.71. The minimum atomic E-state index is -0.854. The van der Waals surface area contributed by atoms with Crippen LogP contribution in [-0.2, 0) is 23.7 Å². The van der Waals surface area contributed by atoms with E-state index in [1.807, 2.05) is 27.7 Å². The second kappa shape index (κ2) is 4.30. The molecule has 8 heteroatoms. The van der Waals surface area contributed by atoms with Gasteiger partial charge in [0.1, 0.15) is 17.8 Å². The van der Waals surface area contributed by atoms with Crippen LogP contribution in [0, 0.1) is 0 Å². The molecule has 0 aromatic heterocycles. The van der Waals surface area contributed by atoms with Crippen LogP contribution in [0.15, 0.2) is 5.11 Å². The van der Waals surface area contributed by atoms with Gasteiger partial charge in [-0.2, -0.15) is 0 Å². The van der Waals surface area contributed by atoms with E-state index in [1.54, 1.807) is 0 Å². The fourth-order valence-electron chi connectivity index (χ4n) is 2.90. The minimum Gasteiger partial charge on any atom is -0.347 e. The highest BCUT2D eigenvalue weighted by molar-refractivity contribution is 5.07. The summed E-state index contributed by atoms with van der Waals surface area (Å²) < 4.78 is 29.2. The van der Waals surface area contributed by atoms with E-state index >= 15 is 0 Å². The summed E-state index contributed by atoms with van der Waals surface area (Å²) >= 11 is 0. The number of ether oxygens (including phenoxy) is 5. The van der Waals surface area contributed by atoms with Crippen LogP contribution in [0.2, 0.25) is 0 Å². The second-order valence-corrected chi connectivity index (χ2v) is 6.27. The summed E-state index contributed by atoms with van der Waals surface area (Å²) in [6, 6.07) is 0. The molecule has 3 rings (SSSR count). The highest BCUT2D eigenvalue weighted by Crippen LogP contribution is 2.47. The molecule has 3 saturated heterocycles. The molecule has 4 unspecified atom stereocenters. The monoisotopic (exact) mass is 285 g/mol. The third kappa shape index (κ3) is 2.18. The van der Waals surface area contributed by atoms with Crippen molar-refractivity contribution in [3.05, 3.63) is 10.4 Å². The van der Waals surface area contributed by atoms with E-state index in [2.05, 4.69) is 10.0 Å². The van der Waals surface area contributed by atoms with Gasteiger partial charge in [0, 0.05) is 4.91 Å². The molecule has 0 aromatic rings. The van der Waals surface area contributed by atoms with Crippen molar-refractivity contribution >= 4 is 0 Å². The maximum Gasteiger partial charge on any atom is 0.190 e. The van der Waals surface area contributed by atoms with Gasteiger partial charge < -0.3 is 23.7 Å². The smallest absolute Gasteiger partial charge is 0.190 e. The molecule has 20 heavy (non-hydrogen) atoms. The summed E-state index contributed by atoms with van der Waals surface area (Å²) in [5, 5.41) is 3.62. The van der Waals surface area contributed by atoms with Gasteiger partial charge in [0.25, 0.3) is 0 Å². The Morgan fingerprint density at radius 2 is 1.85 bits per heavy atom. The van der Waals surface area contributed by atoms with Crippen LogP contribution in [0.25, 0.3) is 10.4 Å². The maximum absolute atomic E-state index is 8.56. The van der Waals surface area contributed by atoms with Crippen LogP contribution >= 0.6 is 0 Å². The van der Waals surface area contributed by atoms with Gasteiger partial charge in [0.2, 0.25) is 0 Å². The number of hydrogen-bond donors (Lipinski definition) is 0. The first-order chi connectivity index (χ1) is 9.27. The average molecular weight is 285 g/mol. The maximum atomic E-state index is 8.56. The molecule has 0 N–H and O–H groups in total. The Morgan fingerprint density at radius 1 is 1.10 bits per heavy atom. The lowest BCUT2D eigenvalue weighted by atomic mass is 9.94. The predicted molar refractivity (Wildman–Crippen MR) is 66.6 cm³/mol. The third-order valence-corrected chi connectivity index (χ3v) is 3.73. The van der Waals surface area contributed by atoms with E-state index in [0.717, 1.165) is 0 Å². The van der Waals surface area contributed by atoms with E-state index < -0.39 is 29.6 Å². The van der Waals surface area contributed by atoms with Crippen molar-refractivity contribution in [2.24, 2.45) is 5.11 Å². The Labute approximate surface area is 116 Å². The molecular formula is C12H19N3O5. The summed E-state index contributed by atoms with van der Waals surface area (Å²) in [7, 11) is 0. The molecule has 3 heterocycles. The molecule has 4 atom stereocenters. The standard InChI is InChI=1S/C12H19N3O5/c1-10(2)16-6-12(5-14-15-13)8(18-10)7-9(20-12)19-11(3,4)17-7/h7-9H,5-6H2,1-4H3. The zero-order valence-corrected chi connectivity index (χ0v) is 12.0. The summed E-state index contributed by atoms with van der Waals surface area (Å²) in [4.78, 5) is 2.80. The first-order valence-corrected chi connectivity index (χ1v) is 6.63. The molecule has 0 radical (unpaired) electrons. The van der Waals surface area contributed by atoms with Gasteiger partial charge in [0.05, 0.1) is 13.2 Å². The van der Waals surface area contributed by atoms with E-state index in [9.17, 15) is 0 Å². The van der Waals surface area contributed by atoms with Crippen LogP contribution in [0.1, 0.15) is 27.7 Å². The lowest BCUT2D eigenvalue weighted by Gasteiger charge is -2.45. The second-order valence-electron chi connectivity index (χ2n) is 6.27. The van der Waals surface area contributed by atoms with Gasteiger partial charge in [0.15, 0.2) is 17.9 Å². The third-order valence-electron chi connectivity index (χ3n) is 3.73. The number of nitrogens with zero attached hydrogens (tertiary/aromatic N) is 3. The zero-order chi connectivity index (χ0) is 14.6. The van der Waals surface area contributed by atoms with Crippen LogP contribution in [0.3, 0.4) is 0 Å². The van der Waals surface area contributed by atoms with E-state index in [4.69, 9.17) is 29.2 Å². The Kier molecular flexibility index (Phi) is 3.02. The van der Waals surface area contributed by atoms with Gasteiger partial charge in [-0.15, -0.1) is 0 Å². The van der Waals surface area contributed by atoms with Gasteiger partial charge in [-0.05, 0) is 33.2 Å². The Hall–Kier alpha value is -0.890. The Balaban J connectivity index is 1.89. The normalized spacial score (nSPS) is 44.5. The van der Waals surface area contributed by atoms with E-state index in [0.29, 0.717) is 0 Å². The minimum absolute atomic E-state index is 0.115. The molecular weight excluding hydrogens is 266 g/mol. The van der Waals surface area contributed by atoms with Gasteiger partial charge >= 0.3 is 0 Å².